The third kappa shape index (κ3) is 5.10. The molecule has 2 aromatic carbocycles. The minimum absolute atomic E-state index is 0.177. The second-order valence-electron chi connectivity index (χ2n) is 12.0. The van der Waals surface area contributed by atoms with Crippen LogP contribution in [0.25, 0.3) is 0 Å². The molecular weight excluding hydrogens is 522 g/mol. The fourth-order valence-corrected chi connectivity index (χ4v) is 7.13. The van der Waals surface area contributed by atoms with E-state index in [1.807, 2.05) is 52.8 Å². The van der Waals surface area contributed by atoms with Gasteiger partial charge in [-0.05, 0) is 81.3 Å². The molecule has 41 heavy (non-hydrogen) atoms. The summed E-state index contributed by atoms with van der Waals surface area (Å²) in [6.45, 7) is 10.0. The molecule has 3 amide bonds. The number of amides is 3. The summed E-state index contributed by atoms with van der Waals surface area (Å²) in [6, 6.07) is 11.3. The number of anilines is 2. The van der Waals surface area contributed by atoms with E-state index in [2.05, 4.69) is 10.6 Å². The zero-order valence-electron chi connectivity index (χ0n) is 24.5. The summed E-state index contributed by atoms with van der Waals surface area (Å²) in [6.07, 6.45) is 1.11. The lowest BCUT2D eigenvalue weighted by Gasteiger charge is -2.37. The SMILES string of the molecule is CCOc1ccc(NC(=O)[C@@H]2[C@@H]3CCC4(O3)C(C(=O)Nc3c(C)cccc3C)N([C@@H](CO)CC(C)C)C(=O)[C@H]24)cc1. The maximum Gasteiger partial charge on any atom is 0.250 e. The van der Waals surface area contributed by atoms with Gasteiger partial charge in [0.2, 0.25) is 17.7 Å². The van der Waals surface area contributed by atoms with E-state index in [0.29, 0.717) is 43.0 Å². The lowest BCUT2D eigenvalue weighted by atomic mass is 9.70. The van der Waals surface area contributed by atoms with E-state index in [0.717, 1.165) is 11.1 Å². The largest absolute Gasteiger partial charge is 0.494 e. The predicted octanol–water partition coefficient (Wildman–Crippen LogP) is 4.06. The summed E-state index contributed by atoms with van der Waals surface area (Å²) in [5.74, 6) is -1.66. The van der Waals surface area contributed by atoms with Crippen molar-refractivity contribution in [2.45, 2.75) is 77.7 Å². The van der Waals surface area contributed by atoms with Crippen molar-refractivity contribution in [3.63, 3.8) is 0 Å². The molecule has 5 rings (SSSR count). The molecule has 3 N–H and O–H groups in total. The van der Waals surface area contributed by atoms with Gasteiger partial charge in [0, 0.05) is 11.4 Å². The first-order chi connectivity index (χ1) is 19.6. The zero-order valence-corrected chi connectivity index (χ0v) is 24.5. The number of rotatable bonds is 10. The molecule has 0 aromatic heterocycles. The van der Waals surface area contributed by atoms with Crippen LogP contribution >= 0.6 is 0 Å². The number of hydrogen-bond donors (Lipinski definition) is 3. The highest BCUT2D eigenvalue weighted by Crippen LogP contribution is 2.59. The van der Waals surface area contributed by atoms with Crippen LogP contribution in [0.4, 0.5) is 11.4 Å². The van der Waals surface area contributed by atoms with Gasteiger partial charge in [-0.1, -0.05) is 32.0 Å². The molecule has 9 heteroatoms. The summed E-state index contributed by atoms with van der Waals surface area (Å²) in [4.78, 5) is 43.7. The van der Waals surface area contributed by atoms with Crippen molar-refractivity contribution in [3.8, 4) is 5.75 Å². The molecule has 2 aromatic rings. The van der Waals surface area contributed by atoms with Gasteiger partial charge >= 0.3 is 0 Å². The van der Waals surface area contributed by atoms with Crippen LogP contribution in [0.15, 0.2) is 42.5 Å². The number of likely N-dealkylation sites (tertiary alicyclic amines) is 1. The smallest absolute Gasteiger partial charge is 0.250 e. The monoisotopic (exact) mass is 563 g/mol. The van der Waals surface area contributed by atoms with Gasteiger partial charge in [0.05, 0.1) is 37.2 Å². The minimum Gasteiger partial charge on any atom is -0.494 e. The quantitative estimate of drug-likeness (QED) is 0.401. The number of para-hydroxylation sites is 1. The number of hydrogen-bond acceptors (Lipinski definition) is 6. The number of nitrogens with one attached hydrogen (secondary N) is 2. The average molecular weight is 564 g/mol. The van der Waals surface area contributed by atoms with Crippen LogP contribution in [0.5, 0.6) is 5.75 Å². The summed E-state index contributed by atoms with van der Waals surface area (Å²) in [7, 11) is 0. The Balaban J connectivity index is 1.49. The molecule has 0 radical (unpaired) electrons. The summed E-state index contributed by atoms with van der Waals surface area (Å²) >= 11 is 0. The van der Waals surface area contributed by atoms with Crippen LogP contribution in [0.2, 0.25) is 0 Å². The number of carbonyl (C=O) groups is 3. The highest BCUT2D eigenvalue weighted by Gasteiger charge is 2.75. The number of aryl methyl sites for hydroxylation is 2. The van der Waals surface area contributed by atoms with Crippen LogP contribution in [0, 0.1) is 31.6 Å². The molecule has 3 aliphatic rings. The Morgan fingerprint density at radius 3 is 2.39 bits per heavy atom. The number of ether oxygens (including phenoxy) is 2. The van der Waals surface area contributed by atoms with Gasteiger partial charge < -0.3 is 30.1 Å². The van der Waals surface area contributed by atoms with E-state index < -0.39 is 35.6 Å². The van der Waals surface area contributed by atoms with Crippen LogP contribution in [0.1, 0.15) is 51.2 Å². The fraction of sp³-hybridized carbons (Fsp3) is 0.531. The maximum atomic E-state index is 14.3. The molecule has 0 saturated carbocycles. The van der Waals surface area contributed by atoms with Crippen LogP contribution in [-0.4, -0.2) is 64.7 Å². The second kappa shape index (κ2) is 11.4. The highest BCUT2D eigenvalue weighted by molar-refractivity contribution is 6.05. The normalized spacial score (nSPS) is 27.2. The molecule has 2 bridgehead atoms. The zero-order chi connectivity index (χ0) is 29.5. The molecule has 3 fully saturated rings. The summed E-state index contributed by atoms with van der Waals surface area (Å²) in [5.41, 5.74) is 1.97. The summed E-state index contributed by atoms with van der Waals surface area (Å²) in [5, 5.41) is 16.5. The molecule has 3 heterocycles. The first-order valence-corrected chi connectivity index (χ1v) is 14.6. The van der Waals surface area contributed by atoms with Crippen LogP contribution < -0.4 is 15.4 Å². The van der Waals surface area contributed by atoms with Gasteiger partial charge in [0.25, 0.3) is 0 Å². The number of benzene rings is 2. The molecule has 6 atom stereocenters. The first-order valence-electron chi connectivity index (χ1n) is 14.6. The molecule has 220 valence electrons. The third-order valence-corrected chi connectivity index (χ3v) is 8.80. The number of fused-ring (bicyclic) bond motifs is 1. The Hall–Kier alpha value is -3.43. The van der Waals surface area contributed by atoms with Gasteiger partial charge in [-0.25, -0.2) is 0 Å². The molecule has 0 aliphatic carbocycles. The lowest BCUT2D eigenvalue weighted by molar-refractivity contribution is -0.143. The Morgan fingerprint density at radius 1 is 1.10 bits per heavy atom. The van der Waals surface area contributed by atoms with Crippen LogP contribution in [-0.2, 0) is 19.1 Å². The standard InChI is InChI=1S/C32H41N3O6/c1-6-40-23-12-10-21(11-13-23)33-29(37)25-24-14-15-32(41-24)26(25)31(39)35(22(17-36)16-18(2)3)28(32)30(38)34-27-19(4)8-7-9-20(27)5/h7-13,18,22,24-26,28,36H,6,14-17H2,1-5H3,(H,33,37)(H,34,38)/t22-,24+,25-,26+,28?,32?/m1/s1. The van der Waals surface area contributed by atoms with Gasteiger partial charge in [-0.2, -0.15) is 0 Å². The number of nitrogens with zero attached hydrogens (tertiary/aromatic N) is 1. The van der Waals surface area contributed by atoms with Crippen molar-refractivity contribution in [1.82, 2.24) is 4.90 Å². The molecule has 9 nitrogen and oxygen atoms in total. The lowest BCUT2D eigenvalue weighted by Crippen LogP contribution is -2.56. The van der Waals surface area contributed by atoms with Crippen molar-refractivity contribution in [1.29, 1.82) is 0 Å². The molecular formula is C32H41N3O6. The number of carbonyl (C=O) groups excluding carboxylic acids is 3. The van der Waals surface area contributed by atoms with E-state index in [-0.39, 0.29) is 30.2 Å². The third-order valence-electron chi connectivity index (χ3n) is 8.80. The molecule has 3 saturated heterocycles. The molecule has 3 aliphatic heterocycles. The molecule has 2 unspecified atom stereocenters. The Bertz CT molecular complexity index is 1290. The topological polar surface area (TPSA) is 117 Å². The van der Waals surface area contributed by atoms with Gasteiger partial charge in [-0.15, -0.1) is 0 Å². The van der Waals surface area contributed by atoms with Crippen LogP contribution in [0.3, 0.4) is 0 Å². The van der Waals surface area contributed by atoms with Crippen molar-refractivity contribution in [2.24, 2.45) is 17.8 Å². The van der Waals surface area contributed by atoms with E-state index in [1.54, 1.807) is 24.3 Å². The van der Waals surface area contributed by atoms with Crippen molar-refractivity contribution >= 4 is 29.1 Å². The average Bonchev–Trinajstić information content (AvgIpc) is 3.58. The predicted molar refractivity (Wildman–Crippen MR) is 156 cm³/mol. The minimum atomic E-state index is -1.15. The Morgan fingerprint density at radius 2 is 1.78 bits per heavy atom. The Kier molecular flexibility index (Phi) is 8.12. The van der Waals surface area contributed by atoms with Gasteiger partial charge in [-0.3, -0.25) is 14.4 Å². The highest BCUT2D eigenvalue weighted by atomic mass is 16.5. The summed E-state index contributed by atoms with van der Waals surface area (Å²) < 4.78 is 12.1. The van der Waals surface area contributed by atoms with E-state index in [4.69, 9.17) is 9.47 Å². The van der Waals surface area contributed by atoms with Gasteiger partial charge in [0.1, 0.15) is 17.4 Å². The van der Waals surface area contributed by atoms with E-state index in [1.165, 1.54) is 4.90 Å². The number of aliphatic hydroxyl groups is 1. The van der Waals surface area contributed by atoms with E-state index in [9.17, 15) is 19.5 Å². The first kappa shape index (κ1) is 29.1. The van der Waals surface area contributed by atoms with Crippen molar-refractivity contribution in [2.75, 3.05) is 23.8 Å². The Labute approximate surface area is 241 Å². The number of aliphatic hydroxyl groups excluding tert-OH is 1. The fourth-order valence-electron chi connectivity index (χ4n) is 7.13. The second-order valence-corrected chi connectivity index (χ2v) is 12.0. The van der Waals surface area contributed by atoms with Gasteiger partial charge in [0.15, 0.2) is 0 Å². The van der Waals surface area contributed by atoms with Crippen molar-refractivity contribution in [3.05, 3.63) is 53.6 Å². The van der Waals surface area contributed by atoms with E-state index >= 15 is 0 Å². The van der Waals surface area contributed by atoms with Crippen molar-refractivity contribution < 1.29 is 29.0 Å². The molecule has 1 spiro atoms. The maximum absolute atomic E-state index is 14.3.